The van der Waals surface area contributed by atoms with Crippen LogP contribution in [-0.4, -0.2) is 45.5 Å². The number of carbonyl (C=O) groups excluding carboxylic acids is 3. The molecule has 0 N–H and O–H groups in total. The van der Waals surface area contributed by atoms with Crippen molar-refractivity contribution in [3.8, 4) is 0 Å². The quantitative estimate of drug-likeness (QED) is 0.767. The molecular formula is C18H22N2O3S. The van der Waals surface area contributed by atoms with Crippen LogP contribution >= 0.6 is 11.8 Å². The summed E-state index contributed by atoms with van der Waals surface area (Å²) in [4.78, 5) is 40.2. The Kier molecular flexibility index (Phi) is 5.83. The fourth-order valence-electron chi connectivity index (χ4n) is 2.73. The molecule has 1 fully saturated rings. The first-order chi connectivity index (χ1) is 11.3. The van der Waals surface area contributed by atoms with E-state index in [9.17, 15) is 14.4 Å². The maximum Gasteiger partial charge on any atom is 0.294 e. The number of amides is 3. The Balaban J connectivity index is 2.15. The lowest BCUT2D eigenvalue weighted by atomic mass is 10.2. The van der Waals surface area contributed by atoms with Gasteiger partial charge in [0, 0.05) is 12.1 Å². The van der Waals surface area contributed by atoms with E-state index in [0.717, 1.165) is 22.2 Å². The Labute approximate surface area is 146 Å². The number of nitrogens with zero attached hydrogens (tertiary/aromatic N) is 2. The van der Waals surface area contributed by atoms with Gasteiger partial charge in [-0.2, -0.15) is 0 Å². The first-order valence-electron chi connectivity index (χ1n) is 7.93. The van der Waals surface area contributed by atoms with Crippen LogP contribution in [0.1, 0.15) is 33.3 Å². The molecule has 1 aromatic carbocycles. The molecule has 1 aliphatic rings. The minimum atomic E-state index is -0.408. The summed E-state index contributed by atoms with van der Waals surface area (Å²) in [6.07, 6.45) is 1.68. The first kappa shape index (κ1) is 18.3. The Bertz CT molecular complexity index is 660. The number of imide groups is 1. The summed E-state index contributed by atoms with van der Waals surface area (Å²) in [6, 6.07) is 9.35. The van der Waals surface area contributed by atoms with Crippen LogP contribution in [0.25, 0.3) is 6.08 Å². The summed E-state index contributed by atoms with van der Waals surface area (Å²) in [5.41, 5.74) is 0.848. The first-order valence-corrected chi connectivity index (χ1v) is 8.74. The number of thioether (sulfide) groups is 1. The lowest BCUT2D eigenvalue weighted by molar-refractivity contribution is -0.138. The zero-order valence-electron chi connectivity index (χ0n) is 14.4. The molecule has 0 saturated carbocycles. The molecule has 0 aliphatic carbocycles. The lowest BCUT2D eigenvalue weighted by Gasteiger charge is -2.31. The predicted molar refractivity (Wildman–Crippen MR) is 96.2 cm³/mol. The Morgan fingerprint density at radius 1 is 1.12 bits per heavy atom. The normalized spacial score (nSPS) is 16.6. The second-order valence-corrected chi connectivity index (χ2v) is 7.16. The van der Waals surface area contributed by atoms with Crippen LogP contribution in [0.15, 0.2) is 35.2 Å². The van der Waals surface area contributed by atoms with Crippen molar-refractivity contribution in [2.24, 2.45) is 0 Å². The third-order valence-corrected chi connectivity index (χ3v) is 4.57. The van der Waals surface area contributed by atoms with Crippen molar-refractivity contribution in [2.45, 2.75) is 39.8 Å². The summed E-state index contributed by atoms with van der Waals surface area (Å²) in [5, 5.41) is -0.400. The third-order valence-electron chi connectivity index (χ3n) is 3.66. The van der Waals surface area contributed by atoms with Gasteiger partial charge < -0.3 is 4.90 Å². The maximum atomic E-state index is 12.5. The van der Waals surface area contributed by atoms with Crippen LogP contribution in [-0.2, 0) is 9.59 Å². The second-order valence-electron chi connectivity index (χ2n) is 6.17. The largest absolute Gasteiger partial charge is 0.336 e. The smallest absolute Gasteiger partial charge is 0.294 e. The predicted octanol–water partition coefficient (Wildman–Crippen LogP) is 3.37. The zero-order valence-corrected chi connectivity index (χ0v) is 15.2. The highest BCUT2D eigenvalue weighted by Gasteiger charge is 2.37. The second kappa shape index (κ2) is 7.66. The molecule has 24 heavy (non-hydrogen) atoms. The van der Waals surface area contributed by atoms with E-state index in [1.165, 1.54) is 0 Å². The van der Waals surface area contributed by atoms with E-state index in [0.29, 0.717) is 4.91 Å². The van der Waals surface area contributed by atoms with Gasteiger partial charge in [-0.3, -0.25) is 19.3 Å². The van der Waals surface area contributed by atoms with Gasteiger partial charge in [-0.1, -0.05) is 30.3 Å². The van der Waals surface area contributed by atoms with Gasteiger partial charge in [-0.05, 0) is 51.1 Å². The SMILES string of the molecule is CC(C)N(C(=O)CN1C(=O)S/C(=C\c2ccccc2)C1=O)C(C)C. The molecular weight excluding hydrogens is 324 g/mol. The van der Waals surface area contributed by atoms with E-state index in [-0.39, 0.29) is 24.5 Å². The number of hydrogen-bond acceptors (Lipinski definition) is 4. The van der Waals surface area contributed by atoms with Gasteiger partial charge in [0.2, 0.25) is 5.91 Å². The third kappa shape index (κ3) is 4.06. The molecule has 1 saturated heterocycles. The van der Waals surface area contributed by atoms with Gasteiger partial charge in [0.05, 0.1) is 4.91 Å². The molecule has 0 bridgehead atoms. The average Bonchev–Trinajstić information content (AvgIpc) is 2.75. The van der Waals surface area contributed by atoms with E-state index in [1.54, 1.807) is 11.0 Å². The Morgan fingerprint density at radius 2 is 1.71 bits per heavy atom. The molecule has 3 amide bonds. The number of rotatable bonds is 5. The Morgan fingerprint density at radius 3 is 2.25 bits per heavy atom. The van der Waals surface area contributed by atoms with Gasteiger partial charge in [0.1, 0.15) is 6.54 Å². The van der Waals surface area contributed by atoms with Crippen LogP contribution in [0, 0.1) is 0 Å². The fourth-order valence-corrected chi connectivity index (χ4v) is 3.56. The minimum Gasteiger partial charge on any atom is -0.336 e. The summed E-state index contributed by atoms with van der Waals surface area (Å²) in [7, 11) is 0. The molecule has 1 aromatic rings. The van der Waals surface area contributed by atoms with Crippen LogP contribution in [0.4, 0.5) is 4.79 Å². The lowest BCUT2D eigenvalue weighted by Crippen LogP contribution is -2.48. The van der Waals surface area contributed by atoms with Crippen LogP contribution in [0.5, 0.6) is 0 Å². The van der Waals surface area contributed by atoms with E-state index in [4.69, 9.17) is 0 Å². The van der Waals surface area contributed by atoms with E-state index in [1.807, 2.05) is 58.0 Å². The highest BCUT2D eigenvalue weighted by molar-refractivity contribution is 8.18. The van der Waals surface area contributed by atoms with Crippen molar-refractivity contribution < 1.29 is 14.4 Å². The maximum absolute atomic E-state index is 12.5. The van der Waals surface area contributed by atoms with E-state index >= 15 is 0 Å². The monoisotopic (exact) mass is 346 g/mol. The zero-order chi connectivity index (χ0) is 17.9. The number of hydrogen-bond donors (Lipinski definition) is 0. The van der Waals surface area contributed by atoms with E-state index in [2.05, 4.69) is 0 Å². The summed E-state index contributed by atoms with van der Waals surface area (Å²) >= 11 is 0.875. The molecule has 0 spiro atoms. The standard InChI is InChI=1S/C18H22N2O3S/c1-12(2)20(13(3)4)16(21)11-19-17(22)15(24-18(19)23)10-14-8-6-5-7-9-14/h5-10,12-13H,11H2,1-4H3/b15-10-. The highest BCUT2D eigenvalue weighted by Crippen LogP contribution is 2.32. The molecule has 1 heterocycles. The molecule has 1 aliphatic heterocycles. The van der Waals surface area contributed by atoms with Crippen molar-refractivity contribution >= 4 is 34.9 Å². The van der Waals surface area contributed by atoms with Crippen LogP contribution < -0.4 is 0 Å². The van der Waals surface area contributed by atoms with Gasteiger partial charge in [0.15, 0.2) is 0 Å². The summed E-state index contributed by atoms with van der Waals surface area (Å²) in [6.45, 7) is 7.46. The summed E-state index contributed by atoms with van der Waals surface area (Å²) in [5.74, 6) is -0.627. The molecule has 128 valence electrons. The van der Waals surface area contributed by atoms with Gasteiger partial charge in [0.25, 0.3) is 11.1 Å². The molecule has 2 rings (SSSR count). The van der Waals surface area contributed by atoms with Gasteiger partial charge in [-0.25, -0.2) is 0 Å². The van der Waals surface area contributed by atoms with Crippen LogP contribution in [0.2, 0.25) is 0 Å². The van der Waals surface area contributed by atoms with Crippen molar-refractivity contribution in [3.63, 3.8) is 0 Å². The molecule has 6 heteroatoms. The van der Waals surface area contributed by atoms with Crippen molar-refractivity contribution in [1.29, 1.82) is 0 Å². The van der Waals surface area contributed by atoms with Gasteiger partial charge in [-0.15, -0.1) is 0 Å². The molecule has 0 unspecified atom stereocenters. The topological polar surface area (TPSA) is 57.7 Å². The number of carbonyl (C=O) groups is 3. The molecule has 5 nitrogen and oxygen atoms in total. The minimum absolute atomic E-state index is 0.0114. The van der Waals surface area contributed by atoms with Crippen LogP contribution in [0.3, 0.4) is 0 Å². The molecule has 0 aromatic heterocycles. The number of benzene rings is 1. The van der Waals surface area contributed by atoms with Gasteiger partial charge >= 0.3 is 0 Å². The molecule has 0 atom stereocenters. The molecule has 0 radical (unpaired) electrons. The summed E-state index contributed by atoms with van der Waals surface area (Å²) < 4.78 is 0. The van der Waals surface area contributed by atoms with Crippen molar-refractivity contribution in [2.75, 3.05) is 6.54 Å². The van der Waals surface area contributed by atoms with Crippen molar-refractivity contribution in [3.05, 3.63) is 40.8 Å². The Hall–Kier alpha value is -2.08. The van der Waals surface area contributed by atoms with E-state index < -0.39 is 11.1 Å². The fraction of sp³-hybridized carbons (Fsp3) is 0.389. The van der Waals surface area contributed by atoms with Crippen molar-refractivity contribution in [1.82, 2.24) is 9.80 Å². The average molecular weight is 346 g/mol. The highest BCUT2D eigenvalue weighted by atomic mass is 32.2.